The second kappa shape index (κ2) is 6.42. The second-order valence-electron chi connectivity index (χ2n) is 3.29. The molecule has 19 heavy (non-hydrogen) atoms. The zero-order valence-corrected chi connectivity index (χ0v) is 11.8. The van der Waals surface area contributed by atoms with Crippen molar-refractivity contribution < 1.29 is 24.1 Å². The van der Waals surface area contributed by atoms with Crippen LogP contribution in [-0.4, -0.2) is 32.3 Å². The predicted octanol–water partition coefficient (Wildman–Crippen LogP) is -0.452. The van der Waals surface area contributed by atoms with Crippen LogP contribution in [0.15, 0.2) is 36.0 Å². The first-order valence-corrected chi connectivity index (χ1v) is 5.80. The summed E-state index contributed by atoms with van der Waals surface area (Å²) in [4.78, 5) is 33.0. The van der Waals surface area contributed by atoms with Gasteiger partial charge in [0.1, 0.15) is 11.1 Å². The van der Waals surface area contributed by atoms with Crippen molar-refractivity contribution in [2.24, 2.45) is 0 Å². The summed E-state index contributed by atoms with van der Waals surface area (Å²) in [7, 11) is 0.284. The molecule has 0 unspecified atom stereocenters. The molecule has 1 aromatic rings. The molecule has 0 fully saturated rings. The van der Waals surface area contributed by atoms with Gasteiger partial charge < -0.3 is 9.63 Å². The van der Waals surface area contributed by atoms with E-state index in [1.165, 1.54) is 18.2 Å². The Kier molecular flexibility index (Phi) is 4.91. The highest BCUT2D eigenvalue weighted by Gasteiger charge is 2.26. The standard InChI is InChI=1S/C10H10N2O6Si/c13-9(7(10(14)15)5-11-18-19)6-3-1-2-4-8(6)12(16)17/h1-5,11H,19H3,(H,14,15). The highest BCUT2D eigenvalue weighted by atomic mass is 28.2. The number of hydroxylamine groups is 1. The Bertz CT molecular complexity index is 557. The van der Waals surface area contributed by atoms with E-state index in [2.05, 4.69) is 10.0 Å². The van der Waals surface area contributed by atoms with Crippen molar-refractivity contribution in [1.29, 1.82) is 0 Å². The van der Waals surface area contributed by atoms with Crippen LogP contribution in [-0.2, 0) is 9.32 Å². The van der Waals surface area contributed by atoms with Crippen LogP contribution in [0.4, 0.5) is 5.69 Å². The molecule has 0 spiro atoms. The molecule has 0 saturated heterocycles. The predicted molar refractivity (Wildman–Crippen MR) is 67.3 cm³/mol. The van der Waals surface area contributed by atoms with E-state index >= 15 is 0 Å². The third kappa shape index (κ3) is 3.47. The second-order valence-corrected chi connectivity index (χ2v) is 3.70. The van der Waals surface area contributed by atoms with Crippen molar-refractivity contribution in [3.8, 4) is 0 Å². The van der Waals surface area contributed by atoms with Gasteiger partial charge >= 0.3 is 5.97 Å². The number of rotatable bonds is 6. The lowest BCUT2D eigenvalue weighted by Gasteiger charge is -2.04. The zero-order chi connectivity index (χ0) is 14.4. The molecule has 0 saturated carbocycles. The van der Waals surface area contributed by atoms with Gasteiger partial charge in [0.15, 0.2) is 10.5 Å². The summed E-state index contributed by atoms with van der Waals surface area (Å²) in [5.74, 6) is -2.47. The molecule has 1 aromatic carbocycles. The molecular formula is C10H10N2O6Si. The van der Waals surface area contributed by atoms with Gasteiger partial charge in [-0.05, 0) is 6.07 Å². The smallest absolute Gasteiger partial charge is 0.341 e. The summed E-state index contributed by atoms with van der Waals surface area (Å²) in [5, 5.41) is 19.7. The summed E-state index contributed by atoms with van der Waals surface area (Å²) in [6.45, 7) is 0. The molecule has 0 aliphatic heterocycles. The number of nitrogens with one attached hydrogen (secondary N) is 1. The Balaban J connectivity index is 3.25. The van der Waals surface area contributed by atoms with Gasteiger partial charge in [-0.2, -0.15) is 0 Å². The number of nitro benzene ring substituents is 1. The van der Waals surface area contributed by atoms with Gasteiger partial charge in [-0.25, -0.2) is 4.79 Å². The summed E-state index contributed by atoms with van der Waals surface area (Å²) in [5.41, 5.74) is 0.762. The fraction of sp³-hybridized carbons (Fsp3) is 0. The minimum Gasteiger partial charge on any atom is -0.477 e. The Morgan fingerprint density at radius 2 is 2.05 bits per heavy atom. The van der Waals surface area contributed by atoms with Crippen molar-refractivity contribution >= 4 is 27.9 Å². The van der Waals surface area contributed by atoms with Crippen molar-refractivity contribution in [2.45, 2.75) is 0 Å². The third-order valence-corrected chi connectivity index (χ3v) is 2.38. The zero-order valence-electron chi connectivity index (χ0n) is 9.82. The molecule has 0 aliphatic rings. The maximum Gasteiger partial charge on any atom is 0.341 e. The largest absolute Gasteiger partial charge is 0.477 e. The summed E-state index contributed by atoms with van der Waals surface area (Å²) in [6, 6.07) is 5.12. The first-order valence-electron chi connectivity index (χ1n) is 4.99. The number of para-hydroxylation sites is 1. The van der Waals surface area contributed by atoms with E-state index in [0.717, 1.165) is 12.3 Å². The maximum absolute atomic E-state index is 12.0. The number of nitrogens with zero attached hydrogens (tertiary/aromatic N) is 1. The number of hydrogen-bond acceptors (Lipinski definition) is 6. The van der Waals surface area contributed by atoms with Crippen LogP contribution in [0.2, 0.25) is 0 Å². The fourth-order valence-electron chi connectivity index (χ4n) is 1.31. The van der Waals surface area contributed by atoms with Gasteiger partial charge in [-0.15, -0.1) is 0 Å². The molecular weight excluding hydrogens is 272 g/mol. The lowest BCUT2D eigenvalue weighted by molar-refractivity contribution is -0.385. The molecule has 0 aromatic heterocycles. The van der Waals surface area contributed by atoms with Gasteiger partial charge in [0.05, 0.1) is 4.92 Å². The van der Waals surface area contributed by atoms with Crippen molar-refractivity contribution in [3.05, 3.63) is 51.7 Å². The Labute approximate surface area is 110 Å². The number of ketones is 1. The lowest BCUT2D eigenvalue weighted by Crippen LogP contribution is -2.17. The van der Waals surface area contributed by atoms with Crippen molar-refractivity contribution in [2.75, 3.05) is 0 Å². The normalized spacial score (nSPS) is 11.1. The summed E-state index contributed by atoms with van der Waals surface area (Å²) < 4.78 is 4.55. The number of benzene rings is 1. The molecule has 100 valence electrons. The lowest BCUT2D eigenvalue weighted by atomic mass is 10.0. The van der Waals surface area contributed by atoms with Gasteiger partial charge in [0, 0.05) is 12.3 Å². The highest BCUT2D eigenvalue weighted by molar-refractivity contribution is 6.24. The number of carboxylic acid groups (broad SMARTS) is 1. The molecule has 0 bridgehead atoms. The first kappa shape index (κ1) is 14.5. The summed E-state index contributed by atoms with van der Waals surface area (Å²) >= 11 is 0. The molecule has 2 N–H and O–H groups in total. The minimum atomic E-state index is -1.51. The number of hydrogen-bond donors (Lipinski definition) is 2. The number of carbonyl (C=O) groups excluding carboxylic acids is 1. The average Bonchev–Trinajstić information content (AvgIpc) is 2.38. The van der Waals surface area contributed by atoms with E-state index in [9.17, 15) is 19.7 Å². The molecule has 0 amide bonds. The molecule has 0 heterocycles. The Hall–Kier alpha value is -2.52. The van der Waals surface area contributed by atoms with Gasteiger partial charge in [0.25, 0.3) is 5.69 Å². The highest BCUT2D eigenvalue weighted by Crippen LogP contribution is 2.20. The van der Waals surface area contributed by atoms with Gasteiger partial charge in [-0.3, -0.25) is 20.4 Å². The Morgan fingerprint density at radius 3 is 2.58 bits per heavy atom. The monoisotopic (exact) mass is 282 g/mol. The van der Waals surface area contributed by atoms with Crippen LogP contribution >= 0.6 is 0 Å². The van der Waals surface area contributed by atoms with Crippen LogP contribution < -0.4 is 5.48 Å². The number of carboxylic acids is 1. The fourth-order valence-corrected chi connectivity index (χ4v) is 1.43. The quantitative estimate of drug-likeness (QED) is 0.138. The van der Waals surface area contributed by atoms with Gasteiger partial charge in [0.2, 0.25) is 5.78 Å². The maximum atomic E-state index is 12.0. The van der Waals surface area contributed by atoms with E-state index in [1.807, 2.05) is 0 Å². The number of carbonyl (C=O) groups is 2. The van der Waals surface area contributed by atoms with Crippen LogP contribution in [0.1, 0.15) is 10.4 Å². The van der Waals surface area contributed by atoms with Crippen molar-refractivity contribution in [1.82, 2.24) is 5.48 Å². The Morgan fingerprint density at radius 1 is 1.42 bits per heavy atom. The SMILES string of the molecule is O=C(O)C(=CNO[SiH3])C(=O)c1ccccc1[N+](=O)[O-]. The third-order valence-electron chi connectivity index (χ3n) is 2.14. The number of aliphatic carboxylic acids is 1. The van der Waals surface area contributed by atoms with Crippen LogP contribution in [0.25, 0.3) is 0 Å². The molecule has 0 aliphatic carbocycles. The number of Topliss-reactive ketones (excluding diaryl/α,β-unsaturated/α-hetero) is 1. The first-order chi connectivity index (χ1) is 8.99. The van der Waals surface area contributed by atoms with Crippen LogP contribution in [0.3, 0.4) is 0 Å². The average molecular weight is 282 g/mol. The van der Waals surface area contributed by atoms with Gasteiger partial charge in [-0.1, -0.05) is 12.1 Å². The molecule has 0 radical (unpaired) electrons. The van der Waals surface area contributed by atoms with Crippen LogP contribution in [0, 0.1) is 10.1 Å². The van der Waals surface area contributed by atoms with E-state index < -0.39 is 27.9 Å². The molecule has 0 atom stereocenters. The number of nitro groups is 1. The minimum absolute atomic E-state index is 0.284. The van der Waals surface area contributed by atoms with Crippen molar-refractivity contribution in [3.63, 3.8) is 0 Å². The van der Waals surface area contributed by atoms with E-state index in [0.29, 0.717) is 0 Å². The van der Waals surface area contributed by atoms with E-state index in [1.54, 1.807) is 0 Å². The molecule has 8 nitrogen and oxygen atoms in total. The summed E-state index contributed by atoms with van der Waals surface area (Å²) in [6.07, 6.45) is 0.856. The topological polar surface area (TPSA) is 119 Å². The molecule has 9 heteroatoms. The van der Waals surface area contributed by atoms with E-state index in [-0.39, 0.29) is 16.0 Å². The van der Waals surface area contributed by atoms with E-state index in [4.69, 9.17) is 5.11 Å². The van der Waals surface area contributed by atoms with Crippen LogP contribution in [0.5, 0.6) is 0 Å². The molecule has 1 rings (SSSR count).